The second-order valence-electron chi connectivity index (χ2n) is 5.36. The Morgan fingerprint density at radius 1 is 1.20 bits per heavy atom. The Labute approximate surface area is 145 Å². The Bertz CT molecular complexity index is 864. The number of aromatic nitrogens is 1. The van der Waals surface area contributed by atoms with Crippen molar-refractivity contribution >= 4 is 21.8 Å². The standard InChI is InChI=1S/C16H18N2O6S/c1-10-16(12(3)24-18-10)25(21,22)17-9-8-15(20)23-14-6-4-13(5-7-14)11(2)19/h4-7,17H,8-9H2,1-3H3. The van der Waals surface area contributed by atoms with Crippen molar-refractivity contribution in [3.63, 3.8) is 0 Å². The molecule has 0 fully saturated rings. The van der Waals surface area contributed by atoms with E-state index in [4.69, 9.17) is 9.26 Å². The molecule has 2 aromatic rings. The molecule has 0 radical (unpaired) electrons. The highest BCUT2D eigenvalue weighted by molar-refractivity contribution is 7.89. The van der Waals surface area contributed by atoms with Crippen molar-refractivity contribution in [3.8, 4) is 5.75 Å². The third-order valence-electron chi connectivity index (χ3n) is 3.35. The molecule has 2 rings (SSSR count). The van der Waals surface area contributed by atoms with Gasteiger partial charge in [-0.25, -0.2) is 13.1 Å². The molecule has 134 valence electrons. The third kappa shape index (κ3) is 4.74. The molecule has 8 nitrogen and oxygen atoms in total. The summed E-state index contributed by atoms with van der Waals surface area (Å²) in [5.41, 5.74) is 0.755. The lowest BCUT2D eigenvalue weighted by Crippen LogP contribution is -2.28. The number of aryl methyl sites for hydroxylation is 2. The quantitative estimate of drug-likeness (QED) is 0.451. The molecule has 25 heavy (non-hydrogen) atoms. The van der Waals surface area contributed by atoms with E-state index in [0.717, 1.165) is 0 Å². The maximum atomic E-state index is 12.2. The Hall–Kier alpha value is -2.52. The normalized spacial score (nSPS) is 11.3. The van der Waals surface area contributed by atoms with Crippen molar-refractivity contribution in [2.45, 2.75) is 32.1 Å². The summed E-state index contributed by atoms with van der Waals surface area (Å²) in [6.45, 7) is 4.32. The van der Waals surface area contributed by atoms with E-state index in [0.29, 0.717) is 5.56 Å². The number of hydrogen-bond donors (Lipinski definition) is 1. The highest BCUT2D eigenvalue weighted by Crippen LogP contribution is 2.18. The van der Waals surface area contributed by atoms with Crippen LogP contribution in [-0.2, 0) is 14.8 Å². The minimum atomic E-state index is -3.81. The molecule has 0 atom stereocenters. The molecule has 0 saturated carbocycles. The molecule has 0 saturated heterocycles. The Morgan fingerprint density at radius 3 is 2.36 bits per heavy atom. The summed E-state index contributed by atoms with van der Waals surface area (Å²) in [5, 5.41) is 3.59. The van der Waals surface area contributed by atoms with E-state index in [-0.39, 0.29) is 40.8 Å². The Kier molecular flexibility index (Phi) is 5.70. The van der Waals surface area contributed by atoms with Gasteiger partial charge in [0.25, 0.3) is 0 Å². The van der Waals surface area contributed by atoms with Gasteiger partial charge in [-0.05, 0) is 45.0 Å². The van der Waals surface area contributed by atoms with Gasteiger partial charge in [-0.2, -0.15) is 0 Å². The molecular formula is C16H18N2O6S. The molecule has 1 aromatic carbocycles. The van der Waals surface area contributed by atoms with Gasteiger partial charge < -0.3 is 9.26 Å². The van der Waals surface area contributed by atoms with Crippen LogP contribution < -0.4 is 9.46 Å². The molecular weight excluding hydrogens is 348 g/mol. The Morgan fingerprint density at radius 2 is 1.84 bits per heavy atom. The van der Waals surface area contributed by atoms with Gasteiger partial charge in [0.05, 0.1) is 6.42 Å². The van der Waals surface area contributed by atoms with Crippen LogP contribution in [0, 0.1) is 13.8 Å². The maximum absolute atomic E-state index is 12.2. The number of benzene rings is 1. The summed E-state index contributed by atoms with van der Waals surface area (Å²) in [4.78, 5) is 22.9. The molecule has 9 heteroatoms. The van der Waals surface area contributed by atoms with Crippen LogP contribution in [0.5, 0.6) is 5.75 Å². The molecule has 0 aliphatic heterocycles. The predicted molar refractivity (Wildman–Crippen MR) is 87.9 cm³/mol. The first kappa shape index (κ1) is 18.8. The van der Waals surface area contributed by atoms with Crippen molar-refractivity contribution in [2.75, 3.05) is 6.54 Å². The smallest absolute Gasteiger partial charge is 0.312 e. The van der Waals surface area contributed by atoms with Crippen LogP contribution >= 0.6 is 0 Å². The van der Waals surface area contributed by atoms with Gasteiger partial charge in [-0.3, -0.25) is 9.59 Å². The molecule has 1 N–H and O–H groups in total. The van der Waals surface area contributed by atoms with E-state index in [1.807, 2.05) is 0 Å². The third-order valence-corrected chi connectivity index (χ3v) is 5.05. The molecule has 0 bridgehead atoms. The number of sulfonamides is 1. The zero-order chi connectivity index (χ0) is 18.6. The second kappa shape index (κ2) is 7.58. The number of carbonyl (C=O) groups is 2. The van der Waals surface area contributed by atoms with Gasteiger partial charge in [0.1, 0.15) is 16.3 Å². The van der Waals surface area contributed by atoms with Gasteiger partial charge in [-0.15, -0.1) is 0 Å². The molecule has 0 spiro atoms. The highest BCUT2D eigenvalue weighted by Gasteiger charge is 2.24. The van der Waals surface area contributed by atoms with Crippen LogP contribution in [0.15, 0.2) is 33.7 Å². The van der Waals surface area contributed by atoms with E-state index in [1.165, 1.54) is 32.9 Å². The van der Waals surface area contributed by atoms with Gasteiger partial charge in [0.2, 0.25) is 10.0 Å². The zero-order valence-electron chi connectivity index (χ0n) is 14.0. The number of ketones is 1. The molecule has 0 aliphatic rings. The van der Waals surface area contributed by atoms with E-state index in [1.54, 1.807) is 12.1 Å². The first-order chi connectivity index (χ1) is 11.7. The number of hydrogen-bond acceptors (Lipinski definition) is 7. The summed E-state index contributed by atoms with van der Waals surface area (Å²) in [5.74, 6) is -0.231. The lowest BCUT2D eigenvalue weighted by Gasteiger charge is -2.07. The van der Waals surface area contributed by atoms with Gasteiger partial charge in [0.15, 0.2) is 11.5 Å². The average Bonchev–Trinajstić information content (AvgIpc) is 2.87. The summed E-state index contributed by atoms with van der Waals surface area (Å²) < 4.78 is 36.6. The van der Waals surface area contributed by atoms with Crippen LogP contribution in [0.1, 0.15) is 35.2 Å². The van der Waals surface area contributed by atoms with E-state index >= 15 is 0 Å². The van der Waals surface area contributed by atoms with Crippen LogP contribution in [0.2, 0.25) is 0 Å². The van der Waals surface area contributed by atoms with Crippen molar-refractivity contribution in [1.29, 1.82) is 0 Å². The SMILES string of the molecule is CC(=O)c1ccc(OC(=O)CCNS(=O)(=O)c2c(C)noc2C)cc1. The van der Waals surface area contributed by atoms with Crippen molar-refractivity contribution in [2.24, 2.45) is 0 Å². The average molecular weight is 366 g/mol. The summed E-state index contributed by atoms with van der Waals surface area (Å²) >= 11 is 0. The van der Waals surface area contributed by atoms with Crippen LogP contribution in [0.3, 0.4) is 0 Å². The maximum Gasteiger partial charge on any atom is 0.312 e. The van der Waals surface area contributed by atoms with Crippen molar-refractivity contribution in [3.05, 3.63) is 41.3 Å². The summed E-state index contributed by atoms with van der Waals surface area (Å²) in [6.07, 6.45) is -0.156. The number of Topliss-reactive ketones (excluding diaryl/α,β-unsaturated/α-hetero) is 1. The number of rotatable bonds is 7. The van der Waals surface area contributed by atoms with Gasteiger partial charge in [-0.1, -0.05) is 5.16 Å². The van der Waals surface area contributed by atoms with E-state index in [2.05, 4.69) is 9.88 Å². The van der Waals surface area contributed by atoms with E-state index < -0.39 is 16.0 Å². The fourth-order valence-corrected chi connectivity index (χ4v) is 3.52. The number of esters is 1. The monoisotopic (exact) mass is 366 g/mol. The first-order valence-electron chi connectivity index (χ1n) is 7.45. The topological polar surface area (TPSA) is 116 Å². The van der Waals surface area contributed by atoms with Crippen LogP contribution in [0.25, 0.3) is 0 Å². The minimum Gasteiger partial charge on any atom is -0.426 e. The van der Waals surface area contributed by atoms with Crippen molar-refractivity contribution in [1.82, 2.24) is 9.88 Å². The fraction of sp³-hybridized carbons (Fsp3) is 0.312. The van der Waals surface area contributed by atoms with E-state index in [9.17, 15) is 18.0 Å². The van der Waals surface area contributed by atoms with Gasteiger partial charge in [0, 0.05) is 12.1 Å². The lowest BCUT2D eigenvalue weighted by atomic mass is 10.1. The predicted octanol–water partition coefficient (Wildman–Crippen LogP) is 1.77. The first-order valence-corrected chi connectivity index (χ1v) is 8.93. The molecule has 1 aromatic heterocycles. The van der Waals surface area contributed by atoms with Crippen LogP contribution in [-0.4, -0.2) is 31.9 Å². The number of nitrogens with zero attached hydrogens (tertiary/aromatic N) is 1. The fourth-order valence-electron chi connectivity index (χ4n) is 2.16. The van der Waals surface area contributed by atoms with Crippen molar-refractivity contribution < 1.29 is 27.3 Å². The largest absolute Gasteiger partial charge is 0.426 e. The minimum absolute atomic E-state index is 0.0271. The zero-order valence-corrected chi connectivity index (χ0v) is 14.8. The molecule has 0 aliphatic carbocycles. The molecule has 1 heterocycles. The van der Waals surface area contributed by atoms with Gasteiger partial charge >= 0.3 is 5.97 Å². The molecule has 0 unspecified atom stereocenters. The molecule has 0 amide bonds. The second-order valence-corrected chi connectivity index (χ2v) is 7.06. The van der Waals surface area contributed by atoms with Crippen LogP contribution in [0.4, 0.5) is 0 Å². The lowest BCUT2D eigenvalue weighted by molar-refractivity contribution is -0.134. The Balaban J connectivity index is 1.89. The number of nitrogens with one attached hydrogen (secondary N) is 1. The number of ether oxygens (including phenoxy) is 1. The highest BCUT2D eigenvalue weighted by atomic mass is 32.2. The summed E-state index contributed by atoms with van der Waals surface area (Å²) in [7, 11) is -3.81. The summed E-state index contributed by atoms with van der Waals surface area (Å²) in [6, 6.07) is 6.10. The number of carbonyl (C=O) groups excluding carboxylic acids is 2.